The van der Waals surface area contributed by atoms with Crippen molar-refractivity contribution in [1.29, 1.82) is 0 Å². The van der Waals surface area contributed by atoms with Crippen molar-refractivity contribution in [3.8, 4) is 0 Å². The third-order valence-corrected chi connectivity index (χ3v) is 6.63. The standard InChI is InChI=1S/C25H22N2OS/c28-25(27-20-13-12-18-8-4-9-19(18)14-20)21-15-26-22-10-5-11-23(24(21)22)29-16-17-6-2-1-3-7-17/h1-3,5-7,10-15,26H,4,8-9,16H2,(H,27,28). The molecule has 0 bridgehead atoms. The van der Waals surface area contributed by atoms with E-state index < -0.39 is 0 Å². The molecule has 0 unspecified atom stereocenters. The van der Waals surface area contributed by atoms with Crippen LogP contribution < -0.4 is 5.32 Å². The van der Waals surface area contributed by atoms with E-state index in [9.17, 15) is 4.79 Å². The van der Waals surface area contributed by atoms with E-state index in [1.807, 2.05) is 30.5 Å². The third-order valence-electron chi connectivity index (χ3n) is 5.51. The highest BCUT2D eigenvalue weighted by Crippen LogP contribution is 2.33. The van der Waals surface area contributed by atoms with E-state index >= 15 is 0 Å². The second-order valence-electron chi connectivity index (χ2n) is 7.45. The van der Waals surface area contributed by atoms with Gasteiger partial charge in [0, 0.05) is 33.4 Å². The normalized spacial score (nSPS) is 12.8. The van der Waals surface area contributed by atoms with E-state index in [1.165, 1.54) is 23.1 Å². The summed E-state index contributed by atoms with van der Waals surface area (Å²) >= 11 is 1.76. The van der Waals surface area contributed by atoms with E-state index in [0.29, 0.717) is 5.56 Å². The molecule has 5 rings (SSSR count). The van der Waals surface area contributed by atoms with Crippen LogP contribution in [-0.2, 0) is 18.6 Å². The first-order valence-corrected chi connectivity index (χ1v) is 11.0. The van der Waals surface area contributed by atoms with Crippen LogP contribution in [0.3, 0.4) is 0 Å². The minimum Gasteiger partial charge on any atom is -0.360 e. The quantitative estimate of drug-likeness (QED) is 0.393. The predicted octanol–water partition coefficient (Wildman–Crippen LogP) is 6.20. The summed E-state index contributed by atoms with van der Waals surface area (Å²) in [5, 5.41) is 4.09. The Bertz CT molecular complexity index is 1180. The maximum absolute atomic E-state index is 13.1. The average molecular weight is 399 g/mol. The van der Waals surface area contributed by atoms with Crippen LogP contribution in [0, 0.1) is 0 Å². The fraction of sp³-hybridized carbons (Fsp3) is 0.160. The minimum absolute atomic E-state index is 0.0676. The highest BCUT2D eigenvalue weighted by Gasteiger charge is 2.17. The largest absolute Gasteiger partial charge is 0.360 e. The van der Waals surface area contributed by atoms with Gasteiger partial charge in [-0.2, -0.15) is 0 Å². The molecule has 29 heavy (non-hydrogen) atoms. The summed E-state index contributed by atoms with van der Waals surface area (Å²) in [7, 11) is 0. The van der Waals surface area contributed by atoms with Crippen molar-refractivity contribution >= 4 is 34.3 Å². The summed E-state index contributed by atoms with van der Waals surface area (Å²) in [5.74, 6) is 0.804. The van der Waals surface area contributed by atoms with Crippen LogP contribution >= 0.6 is 11.8 Å². The number of fused-ring (bicyclic) bond motifs is 2. The van der Waals surface area contributed by atoms with Crippen LogP contribution in [0.25, 0.3) is 10.9 Å². The molecule has 0 fully saturated rings. The van der Waals surface area contributed by atoms with Crippen LogP contribution in [0.5, 0.6) is 0 Å². The molecular formula is C25H22N2OS. The van der Waals surface area contributed by atoms with Gasteiger partial charge in [0.2, 0.25) is 0 Å². The van der Waals surface area contributed by atoms with Gasteiger partial charge >= 0.3 is 0 Å². The van der Waals surface area contributed by atoms with Crippen molar-refractivity contribution in [3.05, 3.63) is 95.2 Å². The second kappa shape index (κ2) is 7.80. The predicted molar refractivity (Wildman–Crippen MR) is 121 cm³/mol. The smallest absolute Gasteiger partial charge is 0.257 e. The van der Waals surface area contributed by atoms with E-state index in [-0.39, 0.29) is 5.91 Å². The molecule has 1 aromatic heterocycles. The molecule has 4 heteroatoms. The number of amides is 1. The first kappa shape index (κ1) is 18.1. The van der Waals surface area contributed by atoms with Gasteiger partial charge in [-0.25, -0.2) is 0 Å². The summed E-state index contributed by atoms with van der Waals surface area (Å²) in [6.45, 7) is 0. The van der Waals surface area contributed by atoms with E-state index in [1.54, 1.807) is 11.8 Å². The maximum atomic E-state index is 13.1. The number of hydrogen-bond acceptors (Lipinski definition) is 2. The molecule has 4 aromatic rings. The van der Waals surface area contributed by atoms with Gasteiger partial charge in [-0.1, -0.05) is 42.5 Å². The molecule has 0 saturated heterocycles. The molecule has 1 amide bonds. The Hall–Kier alpha value is -2.98. The molecule has 2 N–H and O–H groups in total. The van der Waals surface area contributed by atoms with Crippen LogP contribution in [0.1, 0.15) is 33.5 Å². The molecule has 3 aromatic carbocycles. The van der Waals surface area contributed by atoms with Gasteiger partial charge in [0.05, 0.1) is 5.56 Å². The van der Waals surface area contributed by atoms with Crippen molar-refractivity contribution in [2.24, 2.45) is 0 Å². The van der Waals surface area contributed by atoms with Crippen LogP contribution in [0.2, 0.25) is 0 Å². The fourth-order valence-electron chi connectivity index (χ4n) is 4.03. The lowest BCUT2D eigenvalue weighted by Crippen LogP contribution is -2.11. The van der Waals surface area contributed by atoms with Crippen molar-refractivity contribution in [2.75, 3.05) is 5.32 Å². The van der Waals surface area contributed by atoms with Gasteiger partial charge in [0.1, 0.15) is 0 Å². The summed E-state index contributed by atoms with van der Waals surface area (Å²) in [6, 6.07) is 22.8. The molecule has 1 heterocycles. The van der Waals surface area contributed by atoms with E-state index in [0.717, 1.165) is 40.1 Å². The Labute approximate surface area is 174 Å². The van der Waals surface area contributed by atoms with E-state index in [2.05, 4.69) is 52.8 Å². The van der Waals surface area contributed by atoms with Crippen molar-refractivity contribution in [2.45, 2.75) is 29.9 Å². The van der Waals surface area contributed by atoms with Gasteiger partial charge in [-0.15, -0.1) is 11.8 Å². The monoisotopic (exact) mass is 398 g/mol. The fourth-order valence-corrected chi connectivity index (χ4v) is 5.09. The molecule has 1 aliphatic rings. The molecule has 1 aliphatic carbocycles. The highest BCUT2D eigenvalue weighted by atomic mass is 32.2. The number of aromatic amines is 1. The zero-order valence-corrected chi connectivity index (χ0v) is 16.9. The van der Waals surface area contributed by atoms with Gasteiger partial charge in [-0.3, -0.25) is 4.79 Å². The van der Waals surface area contributed by atoms with Crippen molar-refractivity contribution < 1.29 is 4.79 Å². The maximum Gasteiger partial charge on any atom is 0.257 e. The zero-order valence-electron chi connectivity index (χ0n) is 16.1. The van der Waals surface area contributed by atoms with Crippen LogP contribution in [-0.4, -0.2) is 10.9 Å². The molecule has 0 radical (unpaired) electrons. The Morgan fingerprint density at radius 3 is 2.72 bits per heavy atom. The van der Waals surface area contributed by atoms with Crippen molar-refractivity contribution in [1.82, 2.24) is 4.98 Å². The average Bonchev–Trinajstić information content (AvgIpc) is 3.40. The Kier molecular flexibility index (Phi) is 4.86. The molecule has 144 valence electrons. The van der Waals surface area contributed by atoms with E-state index in [4.69, 9.17) is 0 Å². The molecule has 0 spiro atoms. The van der Waals surface area contributed by atoms with Gasteiger partial charge < -0.3 is 10.3 Å². The number of rotatable bonds is 5. The molecule has 0 aliphatic heterocycles. The zero-order chi connectivity index (χ0) is 19.6. The van der Waals surface area contributed by atoms with Crippen molar-refractivity contribution in [3.63, 3.8) is 0 Å². The Morgan fingerprint density at radius 1 is 0.966 bits per heavy atom. The molecule has 3 nitrogen and oxygen atoms in total. The second-order valence-corrected chi connectivity index (χ2v) is 8.46. The van der Waals surface area contributed by atoms with Gasteiger partial charge in [0.25, 0.3) is 5.91 Å². The lowest BCUT2D eigenvalue weighted by Gasteiger charge is -2.09. The number of H-pyrrole nitrogens is 1. The lowest BCUT2D eigenvalue weighted by molar-refractivity contribution is 0.102. The number of hydrogen-bond donors (Lipinski definition) is 2. The first-order chi connectivity index (χ1) is 14.3. The third kappa shape index (κ3) is 3.68. The highest BCUT2D eigenvalue weighted by molar-refractivity contribution is 7.98. The number of anilines is 1. The number of carbonyl (C=O) groups excluding carboxylic acids is 1. The molecule has 0 atom stereocenters. The van der Waals surface area contributed by atoms with Gasteiger partial charge in [-0.05, 0) is 60.2 Å². The Morgan fingerprint density at radius 2 is 1.83 bits per heavy atom. The van der Waals surface area contributed by atoms with Crippen LogP contribution in [0.4, 0.5) is 5.69 Å². The Balaban J connectivity index is 1.41. The SMILES string of the molecule is O=C(Nc1ccc2c(c1)CCC2)c1c[nH]c2cccc(SCc3ccccc3)c12. The van der Waals surface area contributed by atoms with Gasteiger partial charge in [0.15, 0.2) is 0 Å². The number of carbonyl (C=O) groups is 1. The topological polar surface area (TPSA) is 44.9 Å². The number of thioether (sulfide) groups is 1. The number of aryl methyl sites for hydroxylation is 2. The summed E-state index contributed by atoms with van der Waals surface area (Å²) in [6.07, 6.45) is 5.28. The lowest BCUT2D eigenvalue weighted by atomic mass is 10.1. The first-order valence-electron chi connectivity index (χ1n) is 9.98. The van der Waals surface area contributed by atoms with Crippen LogP contribution in [0.15, 0.2) is 77.8 Å². The number of nitrogens with one attached hydrogen (secondary N) is 2. The molecular weight excluding hydrogens is 376 g/mol. The number of benzene rings is 3. The molecule has 0 saturated carbocycles. The minimum atomic E-state index is -0.0676. The number of aromatic nitrogens is 1. The summed E-state index contributed by atoms with van der Waals surface area (Å²) in [5.41, 5.74) is 6.60. The summed E-state index contributed by atoms with van der Waals surface area (Å²) in [4.78, 5) is 17.5. The summed E-state index contributed by atoms with van der Waals surface area (Å²) < 4.78 is 0.